The number of thiazole rings is 1. The SMILES string of the molecule is Cc1cccc(C(=O)OCC(=O)N=c2sccn2Cc2ccccc2Cl)c1O. The van der Waals surface area contributed by atoms with E-state index in [1.807, 2.05) is 18.2 Å². The Hall–Kier alpha value is -2.90. The molecule has 0 saturated heterocycles. The van der Waals surface area contributed by atoms with Gasteiger partial charge in [-0.05, 0) is 30.2 Å². The second-order valence-corrected chi connectivity index (χ2v) is 7.24. The van der Waals surface area contributed by atoms with Crippen LogP contribution < -0.4 is 4.80 Å². The Labute approximate surface area is 170 Å². The number of hydrogen-bond donors (Lipinski definition) is 1. The first-order valence-corrected chi connectivity index (χ1v) is 9.62. The van der Waals surface area contributed by atoms with E-state index in [4.69, 9.17) is 16.3 Å². The van der Waals surface area contributed by atoms with Crippen molar-refractivity contribution in [2.45, 2.75) is 13.5 Å². The van der Waals surface area contributed by atoms with E-state index < -0.39 is 18.5 Å². The third kappa shape index (κ3) is 4.68. The van der Waals surface area contributed by atoms with E-state index in [0.717, 1.165) is 5.56 Å². The molecule has 0 fully saturated rings. The number of esters is 1. The maximum absolute atomic E-state index is 12.1. The summed E-state index contributed by atoms with van der Waals surface area (Å²) in [5.41, 5.74) is 1.46. The number of carbonyl (C=O) groups excluding carboxylic acids is 2. The molecular formula is C20H17ClN2O4S. The first-order chi connectivity index (χ1) is 13.5. The number of nitrogens with zero attached hydrogens (tertiary/aromatic N) is 2. The van der Waals surface area contributed by atoms with Gasteiger partial charge in [-0.3, -0.25) is 4.79 Å². The Bertz CT molecular complexity index is 1090. The summed E-state index contributed by atoms with van der Waals surface area (Å²) in [6.07, 6.45) is 1.80. The van der Waals surface area contributed by atoms with Crippen molar-refractivity contribution in [2.75, 3.05) is 6.61 Å². The highest BCUT2D eigenvalue weighted by Crippen LogP contribution is 2.22. The number of phenols is 1. The summed E-state index contributed by atoms with van der Waals surface area (Å²) < 4.78 is 6.77. The van der Waals surface area contributed by atoms with Gasteiger partial charge in [-0.15, -0.1) is 11.3 Å². The number of hydrogen-bond acceptors (Lipinski definition) is 5. The van der Waals surface area contributed by atoms with Crippen molar-refractivity contribution in [1.29, 1.82) is 0 Å². The Balaban J connectivity index is 1.69. The molecule has 28 heavy (non-hydrogen) atoms. The van der Waals surface area contributed by atoms with Crippen molar-refractivity contribution in [2.24, 2.45) is 4.99 Å². The molecule has 0 bridgehead atoms. The molecule has 0 aliphatic heterocycles. The van der Waals surface area contributed by atoms with Gasteiger partial charge in [0.2, 0.25) is 0 Å². The highest BCUT2D eigenvalue weighted by atomic mass is 35.5. The number of aryl methyl sites for hydroxylation is 1. The lowest BCUT2D eigenvalue weighted by atomic mass is 10.1. The van der Waals surface area contributed by atoms with Crippen molar-refractivity contribution >= 4 is 34.8 Å². The molecule has 0 spiro atoms. The van der Waals surface area contributed by atoms with E-state index in [1.165, 1.54) is 17.4 Å². The van der Waals surface area contributed by atoms with Crippen molar-refractivity contribution in [3.05, 3.63) is 80.6 Å². The molecule has 8 heteroatoms. The molecule has 144 valence electrons. The maximum atomic E-state index is 12.1. The van der Waals surface area contributed by atoms with E-state index in [-0.39, 0.29) is 11.3 Å². The van der Waals surface area contributed by atoms with Crippen LogP contribution in [-0.4, -0.2) is 28.2 Å². The molecule has 0 radical (unpaired) electrons. The summed E-state index contributed by atoms with van der Waals surface area (Å²) >= 11 is 7.47. The van der Waals surface area contributed by atoms with Crippen LogP contribution in [0.15, 0.2) is 59.0 Å². The van der Waals surface area contributed by atoms with Gasteiger partial charge in [-0.2, -0.15) is 4.99 Å². The van der Waals surface area contributed by atoms with Gasteiger partial charge in [0.15, 0.2) is 11.4 Å². The van der Waals surface area contributed by atoms with Gasteiger partial charge in [-0.25, -0.2) is 4.79 Å². The Kier molecular flexibility index (Phi) is 6.28. The number of ether oxygens (including phenoxy) is 1. The van der Waals surface area contributed by atoms with Crippen LogP contribution >= 0.6 is 22.9 Å². The molecule has 1 heterocycles. The molecule has 3 rings (SSSR count). The smallest absolute Gasteiger partial charge is 0.342 e. The highest BCUT2D eigenvalue weighted by molar-refractivity contribution is 7.07. The lowest BCUT2D eigenvalue weighted by molar-refractivity contribution is -0.121. The maximum Gasteiger partial charge on any atom is 0.342 e. The lowest BCUT2D eigenvalue weighted by Gasteiger charge is -2.06. The molecule has 0 atom stereocenters. The van der Waals surface area contributed by atoms with Gasteiger partial charge in [0.05, 0.1) is 6.54 Å². The summed E-state index contributed by atoms with van der Waals surface area (Å²) in [4.78, 5) is 28.7. The second-order valence-electron chi connectivity index (χ2n) is 5.96. The minimum Gasteiger partial charge on any atom is -0.507 e. The van der Waals surface area contributed by atoms with E-state index in [9.17, 15) is 14.7 Å². The molecular weight excluding hydrogens is 400 g/mol. The summed E-state index contributed by atoms with van der Waals surface area (Å²) in [6, 6.07) is 12.2. The van der Waals surface area contributed by atoms with Crippen LogP contribution in [0.4, 0.5) is 0 Å². The fourth-order valence-electron chi connectivity index (χ4n) is 2.48. The van der Waals surface area contributed by atoms with Crippen LogP contribution in [-0.2, 0) is 16.1 Å². The summed E-state index contributed by atoms with van der Waals surface area (Å²) in [5, 5.41) is 12.4. The zero-order chi connectivity index (χ0) is 20.1. The fourth-order valence-corrected chi connectivity index (χ4v) is 3.43. The number of halogens is 1. The normalized spacial score (nSPS) is 11.4. The molecule has 0 saturated carbocycles. The minimum atomic E-state index is -0.778. The molecule has 1 N–H and O–H groups in total. The third-order valence-corrected chi connectivity index (χ3v) is 5.13. The first-order valence-electron chi connectivity index (χ1n) is 8.36. The quantitative estimate of drug-likeness (QED) is 0.645. The molecule has 3 aromatic rings. The molecule has 1 amide bonds. The highest BCUT2D eigenvalue weighted by Gasteiger charge is 2.15. The Morgan fingerprint density at radius 2 is 2.00 bits per heavy atom. The van der Waals surface area contributed by atoms with Crippen LogP contribution in [0.2, 0.25) is 5.02 Å². The number of benzene rings is 2. The van der Waals surface area contributed by atoms with Gasteiger partial charge in [0.1, 0.15) is 11.3 Å². The predicted molar refractivity (Wildman–Crippen MR) is 107 cm³/mol. The van der Waals surface area contributed by atoms with E-state index in [0.29, 0.717) is 21.9 Å². The van der Waals surface area contributed by atoms with Crippen LogP contribution in [0.25, 0.3) is 0 Å². The van der Waals surface area contributed by atoms with Crippen LogP contribution in [0.5, 0.6) is 5.75 Å². The van der Waals surface area contributed by atoms with Crippen LogP contribution in [0.1, 0.15) is 21.5 Å². The fraction of sp³-hybridized carbons (Fsp3) is 0.150. The molecule has 0 aliphatic carbocycles. The van der Waals surface area contributed by atoms with Gasteiger partial charge in [0, 0.05) is 16.6 Å². The zero-order valence-corrected chi connectivity index (χ0v) is 16.5. The molecule has 2 aromatic carbocycles. The van der Waals surface area contributed by atoms with Crippen molar-refractivity contribution in [3.8, 4) is 5.75 Å². The summed E-state index contributed by atoms with van der Waals surface area (Å²) in [7, 11) is 0. The Morgan fingerprint density at radius 3 is 2.79 bits per heavy atom. The number of rotatable bonds is 5. The average molecular weight is 417 g/mol. The number of carbonyl (C=O) groups is 2. The topological polar surface area (TPSA) is 80.9 Å². The predicted octanol–water partition coefficient (Wildman–Crippen LogP) is 3.55. The first kappa shape index (κ1) is 19.9. The van der Waals surface area contributed by atoms with E-state index >= 15 is 0 Å². The number of amides is 1. The third-order valence-electron chi connectivity index (χ3n) is 3.96. The number of para-hydroxylation sites is 1. The second kappa shape index (κ2) is 8.86. The van der Waals surface area contributed by atoms with Crippen molar-refractivity contribution < 1.29 is 19.4 Å². The van der Waals surface area contributed by atoms with Crippen molar-refractivity contribution in [3.63, 3.8) is 0 Å². The van der Waals surface area contributed by atoms with Gasteiger partial charge >= 0.3 is 5.97 Å². The monoisotopic (exact) mass is 416 g/mol. The number of aromatic hydroxyl groups is 1. The minimum absolute atomic E-state index is 0.0118. The molecule has 6 nitrogen and oxygen atoms in total. The standard InChI is InChI=1S/C20H17ClN2O4S/c1-13-5-4-7-15(18(13)25)19(26)27-12-17(24)22-20-23(9-10-28-20)11-14-6-2-3-8-16(14)21/h2-10,25H,11-12H2,1H3. The summed E-state index contributed by atoms with van der Waals surface area (Å²) in [5.74, 6) is -1.54. The summed E-state index contributed by atoms with van der Waals surface area (Å²) in [6.45, 7) is 1.61. The van der Waals surface area contributed by atoms with Crippen LogP contribution in [0.3, 0.4) is 0 Å². The zero-order valence-electron chi connectivity index (χ0n) is 15.0. The van der Waals surface area contributed by atoms with Gasteiger partial charge in [0.25, 0.3) is 5.91 Å². The molecule has 0 aliphatic rings. The van der Waals surface area contributed by atoms with Gasteiger partial charge < -0.3 is 14.4 Å². The van der Waals surface area contributed by atoms with E-state index in [1.54, 1.807) is 41.3 Å². The number of phenolic OH excluding ortho intramolecular Hbond substituents is 1. The largest absolute Gasteiger partial charge is 0.507 e. The molecule has 0 unspecified atom stereocenters. The van der Waals surface area contributed by atoms with Crippen molar-refractivity contribution in [1.82, 2.24) is 4.57 Å². The Morgan fingerprint density at radius 1 is 1.21 bits per heavy atom. The van der Waals surface area contributed by atoms with E-state index in [2.05, 4.69) is 4.99 Å². The van der Waals surface area contributed by atoms with Crippen LogP contribution in [0, 0.1) is 6.92 Å². The average Bonchev–Trinajstić information content (AvgIpc) is 3.10. The van der Waals surface area contributed by atoms with Gasteiger partial charge in [-0.1, -0.05) is 41.9 Å². The lowest BCUT2D eigenvalue weighted by Crippen LogP contribution is -2.20. The number of aromatic nitrogens is 1. The molecule has 1 aromatic heterocycles.